The average molecular weight is 346 g/mol. The third-order valence-electron chi connectivity index (χ3n) is 3.38. The maximum absolute atomic E-state index is 11.1. The Bertz CT molecular complexity index is 833. The summed E-state index contributed by atoms with van der Waals surface area (Å²) in [6, 6.07) is 6.99. The van der Waals surface area contributed by atoms with Gasteiger partial charge in [0, 0.05) is 12.1 Å². The summed E-state index contributed by atoms with van der Waals surface area (Å²) in [6.45, 7) is 0. The van der Waals surface area contributed by atoms with Crippen molar-refractivity contribution in [2.45, 2.75) is 6.42 Å². The highest BCUT2D eigenvalue weighted by atomic mass is 16.6. The monoisotopic (exact) mass is 346 g/mol. The van der Waals surface area contributed by atoms with Gasteiger partial charge in [0.25, 0.3) is 11.4 Å². The Kier molecular flexibility index (Phi) is 4.73. The first kappa shape index (κ1) is 17.5. The zero-order chi connectivity index (χ0) is 18.7. The Balaban J connectivity index is 2.43. The molecule has 0 fully saturated rings. The number of nitro groups is 2. The number of carboxylic acid groups (broad SMARTS) is 2. The van der Waals surface area contributed by atoms with E-state index in [1.165, 1.54) is 12.1 Å². The summed E-state index contributed by atoms with van der Waals surface area (Å²) >= 11 is 0. The average Bonchev–Trinajstić information content (AvgIpc) is 2.54. The van der Waals surface area contributed by atoms with Crippen molar-refractivity contribution < 1.29 is 29.6 Å². The Labute approximate surface area is 139 Å². The minimum Gasteiger partial charge on any atom is -0.477 e. The molecule has 0 unspecified atom stereocenters. The maximum atomic E-state index is 11.1. The van der Waals surface area contributed by atoms with Gasteiger partial charge in [0.05, 0.1) is 9.85 Å². The van der Waals surface area contributed by atoms with Gasteiger partial charge in [-0.25, -0.2) is 9.59 Å². The van der Waals surface area contributed by atoms with Gasteiger partial charge in [-0.1, -0.05) is 12.1 Å². The van der Waals surface area contributed by atoms with Crippen LogP contribution in [0.25, 0.3) is 0 Å². The molecule has 0 heterocycles. The zero-order valence-corrected chi connectivity index (χ0v) is 12.4. The van der Waals surface area contributed by atoms with Gasteiger partial charge in [-0.3, -0.25) is 20.2 Å². The second-order valence-electron chi connectivity index (χ2n) is 5.00. The molecule has 128 valence electrons. The molecule has 0 radical (unpaired) electrons. The summed E-state index contributed by atoms with van der Waals surface area (Å²) < 4.78 is 0. The number of carbonyl (C=O) groups is 2. The van der Waals surface area contributed by atoms with Gasteiger partial charge in [0.15, 0.2) is 0 Å². The predicted octanol–water partition coefficient (Wildman–Crippen LogP) is 2.49. The van der Waals surface area contributed by atoms with Crippen molar-refractivity contribution in [2.24, 2.45) is 0 Å². The normalized spacial score (nSPS) is 10.2. The molecule has 0 saturated carbocycles. The molecule has 2 N–H and O–H groups in total. The molecule has 0 aliphatic carbocycles. The molecule has 0 atom stereocenters. The number of aromatic carboxylic acids is 2. The fourth-order valence-corrected chi connectivity index (χ4v) is 2.28. The Morgan fingerprint density at radius 2 is 1.16 bits per heavy atom. The Morgan fingerprint density at radius 1 is 0.800 bits per heavy atom. The lowest BCUT2D eigenvalue weighted by atomic mass is 9.99. The van der Waals surface area contributed by atoms with E-state index in [-0.39, 0.29) is 6.42 Å². The van der Waals surface area contributed by atoms with E-state index in [0.717, 1.165) is 24.3 Å². The van der Waals surface area contributed by atoms with E-state index in [1.54, 1.807) is 0 Å². The van der Waals surface area contributed by atoms with E-state index in [0.29, 0.717) is 11.1 Å². The standard InChI is InChI=1S/C15H10N2O8/c18-14(19)10-6-8(1-3-12(10)16(22)23)5-9-2-4-13(17(24)25)11(7-9)15(20)21/h1-4,6-7H,5H2,(H,18,19)(H,20,21). The molecule has 0 spiro atoms. The minimum absolute atomic E-state index is 0.0521. The van der Waals surface area contributed by atoms with Gasteiger partial charge < -0.3 is 10.2 Å². The molecule has 0 aromatic heterocycles. The van der Waals surface area contributed by atoms with Crippen LogP contribution in [0.3, 0.4) is 0 Å². The zero-order valence-electron chi connectivity index (χ0n) is 12.4. The fourth-order valence-electron chi connectivity index (χ4n) is 2.28. The summed E-state index contributed by atoms with van der Waals surface area (Å²) in [5.74, 6) is -2.94. The van der Waals surface area contributed by atoms with Crippen LogP contribution in [-0.2, 0) is 6.42 Å². The second-order valence-corrected chi connectivity index (χ2v) is 5.00. The van der Waals surface area contributed by atoms with Crippen molar-refractivity contribution in [3.8, 4) is 0 Å². The third-order valence-corrected chi connectivity index (χ3v) is 3.38. The summed E-state index contributed by atoms with van der Waals surface area (Å²) in [5, 5.41) is 39.8. The smallest absolute Gasteiger partial charge is 0.342 e. The first-order valence-electron chi connectivity index (χ1n) is 6.72. The van der Waals surface area contributed by atoms with E-state index in [1.807, 2.05) is 0 Å². The van der Waals surface area contributed by atoms with Crippen LogP contribution in [0.1, 0.15) is 31.8 Å². The number of rotatable bonds is 6. The maximum Gasteiger partial charge on any atom is 0.342 e. The summed E-state index contributed by atoms with van der Waals surface area (Å²) in [7, 11) is 0. The lowest BCUT2D eigenvalue weighted by molar-refractivity contribution is -0.385. The van der Waals surface area contributed by atoms with Gasteiger partial charge >= 0.3 is 11.9 Å². The van der Waals surface area contributed by atoms with E-state index in [2.05, 4.69) is 0 Å². The molecule has 0 saturated heterocycles. The molecule has 0 aliphatic heterocycles. The Hall–Kier alpha value is -3.82. The van der Waals surface area contributed by atoms with Crippen LogP contribution in [0.15, 0.2) is 36.4 Å². The van der Waals surface area contributed by atoms with Crippen LogP contribution in [-0.4, -0.2) is 32.0 Å². The summed E-state index contributed by atoms with van der Waals surface area (Å²) in [6.07, 6.45) is 0.0521. The van der Waals surface area contributed by atoms with E-state index in [4.69, 9.17) is 10.2 Å². The van der Waals surface area contributed by atoms with Crippen LogP contribution in [0.2, 0.25) is 0 Å². The molecule has 10 nitrogen and oxygen atoms in total. The van der Waals surface area contributed by atoms with Gasteiger partial charge in [-0.05, 0) is 29.7 Å². The van der Waals surface area contributed by atoms with E-state index in [9.17, 15) is 29.8 Å². The van der Waals surface area contributed by atoms with Gasteiger partial charge in [-0.2, -0.15) is 0 Å². The van der Waals surface area contributed by atoms with Crippen molar-refractivity contribution in [2.75, 3.05) is 0 Å². The highest BCUT2D eigenvalue weighted by Crippen LogP contribution is 2.24. The molecule has 0 aliphatic rings. The molecule has 2 aromatic rings. The van der Waals surface area contributed by atoms with Crippen LogP contribution in [0.4, 0.5) is 11.4 Å². The SMILES string of the molecule is O=C(O)c1cc(Cc2ccc([N+](=O)[O-])c(C(=O)O)c2)ccc1[N+](=O)[O-]. The van der Waals surface area contributed by atoms with Crippen molar-refractivity contribution in [1.29, 1.82) is 0 Å². The quantitative estimate of drug-likeness (QED) is 0.595. The van der Waals surface area contributed by atoms with Crippen molar-refractivity contribution >= 4 is 23.3 Å². The van der Waals surface area contributed by atoms with Crippen LogP contribution >= 0.6 is 0 Å². The largest absolute Gasteiger partial charge is 0.477 e. The highest BCUT2D eigenvalue weighted by molar-refractivity contribution is 5.93. The molecule has 0 amide bonds. The minimum atomic E-state index is -1.47. The summed E-state index contributed by atoms with van der Waals surface area (Å²) in [4.78, 5) is 42.3. The highest BCUT2D eigenvalue weighted by Gasteiger charge is 2.22. The lowest BCUT2D eigenvalue weighted by Crippen LogP contribution is -2.05. The number of nitrogens with zero attached hydrogens (tertiary/aromatic N) is 2. The number of carboxylic acids is 2. The van der Waals surface area contributed by atoms with Crippen LogP contribution in [0, 0.1) is 20.2 Å². The molecule has 10 heteroatoms. The predicted molar refractivity (Wildman–Crippen MR) is 82.9 cm³/mol. The van der Waals surface area contributed by atoms with Crippen LogP contribution in [0.5, 0.6) is 0 Å². The lowest BCUT2D eigenvalue weighted by Gasteiger charge is -2.06. The molecule has 0 bridgehead atoms. The van der Waals surface area contributed by atoms with Gasteiger partial charge in [0.2, 0.25) is 0 Å². The van der Waals surface area contributed by atoms with Crippen molar-refractivity contribution in [3.63, 3.8) is 0 Å². The van der Waals surface area contributed by atoms with Crippen LogP contribution < -0.4 is 0 Å². The van der Waals surface area contributed by atoms with E-state index < -0.39 is 44.3 Å². The first-order valence-corrected chi connectivity index (χ1v) is 6.72. The van der Waals surface area contributed by atoms with E-state index >= 15 is 0 Å². The number of benzene rings is 2. The molecular weight excluding hydrogens is 336 g/mol. The topological polar surface area (TPSA) is 161 Å². The van der Waals surface area contributed by atoms with Gasteiger partial charge in [-0.15, -0.1) is 0 Å². The second kappa shape index (κ2) is 6.74. The molecular formula is C15H10N2O8. The van der Waals surface area contributed by atoms with Crippen molar-refractivity contribution in [1.82, 2.24) is 0 Å². The van der Waals surface area contributed by atoms with Crippen molar-refractivity contribution in [3.05, 3.63) is 78.9 Å². The first-order chi connectivity index (χ1) is 11.7. The molecule has 2 aromatic carbocycles. The third kappa shape index (κ3) is 3.75. The number of hydrogen-bond donors (Lipinski definition) is 2. The summed E-state index contributed by atoms with van der Waals surface area (Å²) in [5.41, 5.74) is -1.36. The number of nitro benzene ring substituents is 2. The molecule has 2 rings (SSSR count). The fraction of sp³-hybridized carbons (Fsp3) is 0.0667. The Morgan fingerprint density at radius 3 is 1.44 bits per heavy atom. The number of hydrogen-bond acceptors (Lipinski definition) is 6. The molecule has 25 heavy (non-hydrogen) atoms. The van der Waals surface area contributed by atoms with Gasteiger partial charge in [0.1, 0.15) is 11.1 Å².